The highest BCUT2D eigenvalue weighted by molar-refractivity contribution is 8.00. The molecule has 22 heavy (non-hydrogen) atoms. The number of hydrogen-bond donors (Lipinski definition) is 1. The molecule has 0 aromatic heterocycles. The van der Waals surface area contributed by atoms with Gasteiger partial charge in [-0.05, 0) is 44.0 Å². The van der Waals surface area contributed by atoms with E-state index >= 15 is 0 Å². The molecule has 0 aliphatic heterocycles. The minimum Gasteiger partial charge on any atom is -0.466 e. The molecule has 1 rings (SSSR count). The zero-order valence-corrected chi connectivity index (χ0v) is 13.9. The van der Waals surface area contributed by atoms with Crippen molar-refractivity contribution in [1.82, 2.24) is 0 Å². The third-order valence-corrected chi connectivity index (χ3v) is 3.93. The van der Waals surface area contributed by atoms with Gasteiger partial charge in [0.05, 0.1) is 18.1 Å². The zero-order chi connectivity index (χ0) is 16.5. The van der Waals surface area contributed by atoms with Gasteiger partial charge < -0.3 is 10.1 Å². The van der Waals surface area contributed by atoms with E-state index in [0.717, 1.165) is 16.8 Å². The summed E-state index contributed by atoms with van der Waals surface area (Å²) >= 11 is 1.19. The summed E-state index contributed by atoms with van der Waals surface area (Å²) in [6.07, 6.45) is -0.236. The highest BCUT2D eigenvalue weighted by atomic mass is 32.2. The average Bonchev–Trinajstić information content (AvgIpc) is 2.43. The normalized spacial score (nSPS) is 10.1. The summed E-state index contributed by atoms with van der Waals surface area (Å²) in [5.41, 5.74) is 3.01. The van der Waals surface area contributed by atoms with Crippen molar-refractivity contribution >= 4 is 35.1 Å². The molecule has 5 nitrogen and oxygen atoms in total. The van der Waals surface area contributed by atoms with Gasteiger partial charge in [0.15, 0.2) is 5.78 Å². The van der Waals surface area contributed by atoms with Gasteiger partial charge in [0.25, 0.3) is 0 Å². The van der Waals surface area contributed by atoms with Crippen molar-refractivity contribution in [1.29, 1.82) is 0 Å². The van der Waals surface area contributed by atoms with Gasteiger partial charge in [0, 0.05) is 5.69 Å². The van der Waals surface area contributed by atoms with Crippen LogP contribution in [0.3, 0.4) is 0 Å². The Morgan fingerprint density at radius 1 is 1.14 bits per heavy atom. The number of thioether (sulfide) groups is 1. The SMILES string of the molecule is CCOC(=O)CC(=O)CSCC(=O)Nc1ccc(C)c(C)c1. The van der Waals surface area contributed by atoms with E-state index in [4.69, 9.17) is 4.74 Å². The molecule has 0 spiro atoms. The van der Waals surface area contributed by atoms with Gasteiger partial charge in [-0.25, -0.2) is 0 Å². The summed E-state index contributed by atoms with van der Waals surface area (Å²) in [5.74, 6) is -0.631. The van der Waals surface area contributed by atoms with Crippen LogP contribution in [0.2, 0.25) is 0 Å². The summed E-state index contributed by atoms with van der Waals surface area (Å²) in [6, 6.07) is 5.70. The maximum atomic E-state index is 11.8. The topological polar surface area (TPSA) is 72.5 Å². The summed E-state index contributed by atoms with van der Waals surface area (Å²) in [5, 5.41) is 2.78. The van der Waals surface area contributed by atoms with Gasteiger partial charge >= 0.3 is 5.97 Å². The second kappa shape index (κ2) is 9.25. The van der Waals surface area contributed by atoms with Crippen LogP contribution in [0.4, 0.5) is 5.69 Å². The van der Waals surface area contributed by atoms with E-state index in [0.29, 0.717) is 0 Å². The van der Waals surface area contributed by atoms with E-state index in [-0.39, 0.29) is 36.2 Å². The van der Waals surface area contributed by atoms with Crippen molar-refractivity contribution in [3.63, 3.8) is 0 Å². The lowest BCUT2D eigenvalue weighted by Gasteiger charge is -2.07. The van der Waals surface area contributed by atoms with Gasteiger partial charge in [-0.1, -0.05) is 6.07 Å². The fourth-order valence-corrected chi connectivity index (χ4v) is 2.39. The summed E-state index contributed by atoms with van der Waals surface area (Å²) in [7, 11) is 0. The van der Waals surface area contributed by atoms with Crippen LogP contribution in [0.5, 0.6) is 0 Å². The number of rotatable bonds is 8. The molecule has 6 heteroatoms. The molecule has 1 amide bonds. The van der Waals surface area contributed by atoms with E-state index in [1.807, 2.05) is 32.0 Å². The smallest absolute Gasteiger partial charge is 0.313 e. The van der Waals surface area contributed by atoms with Crippen molar-refractivity contribution in [2.24, 2.45) is 0 Å². The molecule has 0 aliphatic rings. The molecule has 0 bridgehead atoms. The van der Waals surface area contributed by atoms with Crippen LogP contribution in [0.15, 0.2) is 18.2 Å². The molecule has 120 valence electrons. The number of carbonyl (C=O) groups excluding carboxylic acids is 3. The summed E-state index contributed by atoms with van der Waals surface area (Å²) in [4.78, 5) is 34.4. The minimum absolute atomic E-state index is 0.124. The third-order valence-electron chi connectivity index (χ3n) is 2.93. The summed E-state index contributed by atoms with van der Waals surface area (Å²) < 4.78 is 4.69. The maximum Gasteiger partial charge on any atom is 0.313 e. The number of ether oxygens (including phenoxy) is 1. The first-order chi connectivity index (χ1) is 10.4. The lowest BCUT2D eigenvalue weighted by Crippen LogP contribution is -2.17. The number of ketones is 1. The quantitative estimate of drug-likeness (QED) is 0.588. The molecule has 0 aliphatic carbocycles. The number of anilines is 1. The molecular weight excluding hydrogens is 302 g/mol. The number of aryl methyl sites for hydroxylation is 2. The molecule has 0 fully saturated rings. The van der Waals surface area contributed by atoms with Crippen LogP contribution in [0.1, 0.15) is 24.5 Å². The Labute approximate surface area is 134 Å². The Morgan fingerprint density at radius 2 is 1.86 bits per heavy atom. The standard InChI is InChI=1S/C16H21NO4S/c1-4-21-16(20)8-14(18)9-22-10-15(19)17-13-6-5-11(2)12(3)7-13/h5-7H,4,8-10H2,1-3H3,(H,17,19). The van der Waals surface area contributed by atoms with Gasteiger partial charge in [-0.15, -0.1) is 11.8 Å². The largest absolute Gasteiger partial charge is 0.466 e. The Hall–Kier alpha value is -1.82. The van der Waals surface area contributed by atoms with Crippen LogP contribution in [-0.4, -0.2) is 35.8 Å². The number of amides is 1. The Balaban J connectivity index is 2.30. The van der Waals surface area contributed by atoms with Crippen LogP contribution in [0.25, 0.3) is 0 Å². The first-order valence-electron chi connectivity index (χ1n) is 7.04. The predicted molar refractivity (Wildman–Crippen MR) is 88.1 cm³/mol. The Bertz CT molecular complexity index is 557. The zero-order valence-electron chi connectivity index (χ0n) is 13.1. The number of esters is 1. The van der Waals surface area contributed by atoms with Crippen molar-refractivity contribution in [2.75, 3.05) is 23.4 Å². The lowest BCUT2D eigenvalue weighted by molar-refractivity contribution is -0.145. The lowest BCUT2D eigenvalue weighted by atomic mass is 10.1. The molecule has 1 aromatic rings. The maximum absolute atomic E-state index is 11.8. The van der Waals surface area contributed by atoms with E-state index < -0.39 is 5.97 Å². The molecule has 0 radical (unpaired) electrons. The van der Waals surface area contributed by atoms with E-state index in [2.05, 4.69) is 5.32 Å². The van der Waals surface area contributed by atoms with Crippen LogP contribution in [-0.2, 0) is 19.1 Å². The molecule has 0 saturated heterocycles. The Morgan fingerprint density at radius 3 is 2.50 bits per heavy atom. The molecule has 1 N–H and O–H groups in total. The number of hydrogen-bond acceptors (Lipinski definition) is 5. The Kier molecular flexibility index (Phi) is 7.66. The van der Waals surface area contributed by atoms with Crippen LogP contribution in [0, 0.1) is 13.8 Å². The van der Waals surface area contributed by atoms with Crippen LogP contribution >= 0.6 is 11.8 Å². The van der Waals surface area contributed by atoms with E-state index in [9.17, 15) is 14.4 Å². The van der Waals surface area contributed by atoms with Gasteiger partial charge in [0.1, 0.15) is 6.42 Å². The highest BCUT2D eigenvalue weighted by Gasteiger charge is 2.11. The number of carbonyl (C=O) groups is 3. The van der Waals surface area contributed by atoms with Gasteiger partial charge in [-0.3, -0.25) is 14.4 Å². The second-order valence-corrected chi connectivity index (χ2v) is 5.85. The van der Waals surface area contributed by atoms with Gasteiger partial charge in [-0.2, -0.15) is 0 Å². The number of benzene rings is 1. The fraction of sp³-hybridized carbons (Fsp3) is 0.438. The monoisotopic (exact) mass is 323 g/mol. The van der Waals surface area contributed by atoms with Crippen molar-refractivity contribution in [2.45, 2.75) is 27.2 Å². The number of nitrogens with one attached hydrogen (secondary N) is 1. The molecule has 1 aromatic carbocycles. The van der Waals surface area contributed by atoms with E-state index in [1.165, 1.54) is 11.8 Å². The first-order valence-corrected chi connectivity index (χ1v) is 8.20. The van der Waals surface area contributed by atoms with Crippen molar-refractivity contribution < 1.29 is 19.1 Å². The molecular formula is C16H21NO4S. The molecule has 0 unspecified atom stereocenters. The van der Waals surface area contributed by atoms with Crippen molar-refractivity contribution in [3.05, 3.63) is 29.3 Å². The predicted octanol–water partition coefficient (Wildman–Crippen LogP) is 2.50. The van der Waals surface area contributed by atoms with Gasteiger partial charge in [0.2, 0.25) is 5.91 Å². The van der Waals surface area contributed by atoms with Crippen molar-refractivity contribution in [3.8, 4) is 0 Å². The molecule has 0 saturated carbocycles. The minimum atomic E-state index is -0.521. The van der Waals surface area contributed by atoms with Crippen LogP contribution < -0.4 is 5.32 Å². The fourth-order valence-electron chi connectivity index (χ4n) is 1.70. The van der Waals surface area contributed by atoms with E-state index in [1.54, 1.807) is 6.92 Å². The molecule has 0 atom stereocenters. The molecule has 0 heterocycles. The first kappa shape index (κ1) is 18.2. The number of Topliss-reactive ketones (excluding diaryl/α,β-unsaturated/α-hetero) is 1. The highest BCUT2D eigenvalue weighted by Crippen LogP contribution is 2.14. The average molecular weight is 323 g/mol. The summed E-state index contributed by atoms with van der Waals surface area (Å²) in [6.45, 7) is 5.94. The third kappa shape index (κ3) is 6.76. The second-order valence-electron chi connectivity index (χ2n) is 4.86.